The van der Waals surface area contributed by atoms with E-state index in [2.05, 4.69) is 58.2 Å². The van der Waals surface area contributed by atoms with Gasteiger partial charge in [0.1, 0.15) is 48.9 Å². The highest BCUT2D eigenvalue weighted by Crippen LogP contribution is 2.33. The number of likely N-dealkylation sites (N-methyl/N-ethyl adjacent to an activating group) is 2. The Hall–Kier alpha value is -3.78. The molecular formula is C39H79N17O10. The lowest BCUT2D eigenvalue weighted by atomic mass is 9.83. The van der Waals surface area contributed by atoms with Crippen LogP contribution < -0.4 is 77.6 Å². The predicted octanol–water partition coefficient (Wildman–Crippen LogP) is -7.06. The van der Waals surface area contributed by atoms with E-state index >= 15 is 0 Å². The molecule has 27 heteroatoms. The largest absolute Gasteiger partial charge is 0.388 e. The lowest BCUT2D eigenvalue weighted by Gasteiger charge is -2.50. The average Bonchev–Trinajstić information content (AvgIpc) is 3.28. The number of ether oxygens (including phenoxy) is 4. The van der Waals surface area contributed by atoms with Gasteiger partial charge < -0.3 is 93.7 Å². The summed E-state index contributed by atoms with van der Waals surface area (Å²) in [4.78, 5) is 48.6. The Morgan fingerprint density at radius 1 is 0.712 bits per heavy atom. The van der Waals surface area contributed by atoms with Gasteiger partial charge in [-0.1, -0.05) is 0 Å². The van der Waals surface area contributed by atoms with Gasteiger partial charge in [0.15, 0.2) is 30.5 Å². The molecule has 16 atom stereocenters. The van der Waals surface area contributed by atoms with Gasteiger partial charge in [-0.05, 0) is 85.7 Å². The summed E-state index contributed by atoms with van der Waals surface area (Å²) < 4.78 is 25.8. The van der Waals surface area contributed by atoms with Crippen LogP contribution in [0.25, 0.3) is 0 Å². The normalized spacial score (nSPS) is 32.0. The second kappa shape index (κ2) is 29.2. The van der Waals surface area contributed by atoms with Crippen molar-refractivity contribution < 1.29 is 48.7 Å². The maximum atomic E-state index is 12.6. The number of aldehydes is 3. The zero-order valence-corrected chi connectivity index (χ0v) is 38.6. The average molecular weight is 946 g/mol. The molecule has 3 fully saturated rings. The fourth-order valence-electron chi connectivity index (χ4n) is 8.07. The number of nitrogens with zero attached hydrogens (tertiary/aromatic N) is 3. The number of nitrogens with one attached hydrogen (secondary N) is 8. The van der Waals surface area contributed by atoms with E-state index in [1.165, 1.54) is 6.92 Å². The van der Waals surface area contributed by atoms with Crippen LogP contribution in [0.5, 0.6) is 0 Å². The summed E-state index contributed by atoms with van der Waals surface area (Å²) in [5, 5.41) is 41.2. The molecule has 3 aliphatic rings. The van der Waals surface area contributed by atoms with Crippen LogP contribution in [0, 0.1) is 0 Å². The van der Waals surface area contributed by atoms with Crippen molar-refractivity contribution in [1.82, 2.24) is 43.2 Å². The number of nitrogens with two attached hydrogens (primary N) is 6. The fraction of sp³-hybridized carbons (Fsp3) is 0.846. The van der Waals surface area contributed by atoms with Gasteiger partial charge in [-0.25, -0.2) is 21.7 Å². The Labute approximate surface area is 386 Å². The highest BCUT2D eigenvalue weighted by molar-refractivity contribution is 5.76. The van der Waals surface area contributed by atoms with Gasteiger partial charge in [-0.2, -0.15) is 0 Å². The molecule has 66 heavy (non-hydrogen) atoms. The molecular weight excluding hydrogens is 867 g/mol. The first kappa shape index (κ1) is 56.5. The van der Waals surface area contributed by atoms with Crippen LogP contribution in [0.15, 0.2) is 15.0 Å². The number of hydrogen-bond acceptors (Lipinski definition) is 21. The van der Waals surface area contributed by atoms with Crippen LogP contribution in [0.1, 0.15) is 71.6 Å². The Kier molecular flexibility index (Phi) is 25.0. The molecule has 0 aromatic rings. The van der Waals surface area contributed by atoms with Gasteiger partial charge in [-0.15, -0.1) is 0 Å². The van der Waals surface area contributed by atoms with Crippen molar-refractivity contribution in [2.45, 2.75) is 169 Å². The summed E-state index contributed by atoms with van der Waals surface area (Å²) in [6.07, 6.45) is -2.07. The molecule has 2 aliphatic heterocycles. The van der Waals surface area contributed by atoms with Crippen LogP contribution in [0.3, 0.4) is 0 Å². The van der Waals surface area contributed by atoms with Gasteiger partial charge in [0.25, 0.3) is 0 Å². The van der Waals surface area contributed by atoms with Gasteiger partial charge in [0, 0.05) is 25.7 Å². The van der Waals surface area contributed by atoms with Crippen molar-refractivity contribution >= 4 is 36.7 Å². The van der Waals surface area contributed by atoms with Gasteiger partial charge in [-0.3, -0.25) is 25.8 Å². The van der Waals surface area contributed by atoms with E-state index in [9.17, 15) is 29.7 Å². The van der Waals surface area contributed by atoms with Crippen molar-refractivity contribution in [1.29, 1.82) is 0 Å². The number of carbonyl (C=O) groups excluding carboxylic acids is 3. The number of hydrogen-bond donors (Lipinski definition) is 17. The molecule has 8 unspecified atom stereocenters. The SMILES string of the molecule is CNC(C)C1CCC(NN[C@@H](C=O)CCCN=C(N)N)[C@@H](O[C@H]2C(NN[C@@H](C=O)CCCN=C(N)N)C[C@@H](NN[C@@H](C=O)CCCN=C(N)N)[C@@H](OC3OCC(C)(O)[C@@H](NC)C3O)C2O)O1. The molecule has 3 rings (SSSR count). The van der Waals surface area contributed by atoms with Crippen molar-refractivity contribution in [3.05, 3.63) is 0 Å². The first-order valence-electron chi connectivity index (χ1n) is 22.5. The first-order chi connectivity index (χ1) is 31.5. The Morgan fingerprint density at radius 3 is 1.56 bits per heavy atom. The number of rotatable bonds is 31. The van der Waals surface area contributed by atoms with Gasteiger partial charge in [0.2, 0.25) is 0 Å². The third-order valence-corrected chi connectivity index (χ3v) is 11.9. The Morgan fingerprint density at radius 2 is 1.15 bits per heavy atom. The highest BCUT2D eigenvalue weighted by Gasteiger charge is 2.52. The molecule has 0 radical (unpaired) electrons. The van der Waals surface area contributed by atoms with E-state index in [1.54, 1.807) is 7.05 Å². The lowest BCUT2D eigenvalue weighted by molar-refractivity contribution is -0.311. The molecule has 27 nitrogen and oxygen atoms in total. The number of aliphatic imine (C=N–C) groups is 3. The third kappa shape index (κ3) is 18.4. The fourth-order valence-corrected chi connectivity index (χ4v) is 8.07. The maximum absolute atomic E-state index is 12.6. The van der Waals surface area contributed by atoms with Crippen LogP contribution >= 0.6 is 0 Å². The minimum absolute atomic E-state index is 0.0456. The molecule has 23 N–H and O–H groups in total. The predicted molar refractivity (Wildman–Crippen MR) is 245 cm³/mol. The van der Waals surface area contributed by atoms with Crippen molar-refractivity contribution in [3.63, 3.8) is 0 Å². The highest BCUT2D eigenvalue weighted by atomic mass is 16.7. The zero-order valence-electron chi connectivity index (χ0n) is 38.6. The van der Waals surface area contributed by atoms with Crippen LogP contribution in [0.2, 0.25) is 0 Å². The van der Waals surface area contributed by atoms with E-state index in [1.807, 2.05) is 14.0 Å². The number of carbonyl (C=O) groups is 3. The van der Waals surface area contributed by atoms with Crippen LogP contribution in [-0.2, 0) is 33.3 Å². The van der Waals surface area contributed by atoms with E-state index in [4.69, 9.17) is 53.3 Å². The Bertz CT molecular complexity index is 1530. The van der Waals surface area contributed by atoms with Crippen molar-refractivity contribution in [2.75, 3.05) is 40.3 Å². The number of aliphatic hydroxyl groups excluding tert-OH is 2. The summed E-state index contributed by atoms with van der Waals surface area (Å²) >= 11 is 0. The summed E-state index contributed by atoms with van der Waals surface area (Å²) in [6.45, 7) is 4.17. The second-order valence-electron chi connectivity index (χ2n) is 17.2. The van der Waals surface area contributed by atoms with E-state index in [-0.39, 0.29) is 56.1 Å². The monoisotopic (exact) mass is 946 g/mol. The molecule has 1 saturated carbocycles. The van der Waals surface area contributed by atoms with Gasteiger partial charge in [0.05, 0.1) is 55.0 Å². The molecule has 0 aromatic heterocycles. The summed E-state index contributed by atoms with van der Waals surface area (Å²) in [7, 11) is 3.39. The maximum Gasteiger partial charge on any atom is 0.185 e. The quantitative estimate of drug-likeness (QED) is 0.0101. The topological polar surface area (TPSA) is 438 Å². The van der Waals surface area contributed by atoms with E-state index in [0.717, 1.165) is 18.9 Å². The van der Waals surface area contributed by atoms with Crippen LogP contribution in [-0.4, -0.2) is 189 Å². The molecule has 0 aromatic carbocycles. The molecule has 0 spiro atoms. The smallest absolute Gasteiger partial charge is 0.185 e. The zero-order chi connectivity index (χ0) is 48.8. The minimum Gasteiger partial charge on any atom is -0.388 e. The van der Waals surface area contributed by atoms with E-state index in [0.29, 0.717) is 57.9 Å². The molecule has 1 aliphatic carbocycles. The molecule has 0 bridgehead atoms. The molecule has 2 heterocycles. The lowest BCUT2D eigenvalue weighted by Crippen LogP contribution is -2.71. The number of aliphatic hydroxyl groups is 3. The van der Waals surface area contributed by atoms with E-state index < -0.39 is 84.9 Å². The summed E-state index contributed by atoms with van der Waals surface area (Å²) in [5.41, 5.74) is 50.1. The van der Waals surface area contributed by atoms with Crippen molar-refractivity contribution in [2.24, 2.45) is 49.4 Å². The molecule has 2 saturated heterocycles. The third-order valence-electron chi connectivity index (χ3n) is 11.9. The molecule has 380 valence electrons. The Balaban J connectivity index is 2.01. The summed E-state index contributed by atoms with van der Waals surface area (Å²) in [5.74, 6) is -0.194. The number of hydrazine groups is 3. The van der Waals surface area contributed by atoms with Crippen molar-refractivity contribution in [3.8, 4) is 0 Å². The molecule has 0 amide bonds. The number of guanidine groups is 3. The van der Waals surface area contributed by atoms with Crippen LogP contribution in [0.4, 0.5) is 0 Å². The summed E-state index contributed by atoms with van der Waals surface area (Å²) in [6, 6.07) is -5.28. The second-order valence-corrected chi connectivity index (χ2v) is 17.2. The first-order valence-corrected chi connectivity index (χ1v) is 22.5. The standard InChI is InChI=1S/C39H79N17O10/c1-21(46-3)28-12-11-25(54-51-22(17-57)8-5-13-48-36(40)41)34(64-28)65-31-26(55-52-23(18-58)9-6-14-49-37(42)43)16-27(56-53-24(19-59)10-7-15-50-38(44)45)32(29(31)60)66-35-30(61)33(47-4)39(2,62)20-63-35/h17-19,21-35,46-47,51-56,60-62H,5-16,20H2,1-4H3,(H4,40,41,48)(H4,42,43,49)(H4,44,45,50)/t21?,22-,23-,24-,25?,26?,27-,28?,29?,30?,31+,32-,33+,34-,35?,39?/m1/s1. The van der Waals surface area contributed by atoms with Gasteiger partial charge >= 0.3 is 0 Å². The minimum atomic E-state index is -1.53.